The summed E-state index contributed by atoms with van der Waals surface area (Å²) in [6, 6.07) is 25.1. The Morgan fingerprint density at radius 2 is 1.53 bits per heavy atom. The molecule has 30 heavy (non-hydrogen) atoms. The lowest BCUT2D eigenvalue weighted by Crippen LogP contribution is -2.05. The van der Waals surface area contributed by atoms with Crippen molar-refractivity contribution in [3.8, 4) is 17.2 Å². The Balaban J connectivity index is 2.00. The van der Waals surface area contributed by atoms with E-state index in [0.717, 1.165) is 33.7 Å². The van der Waals surface area contributed by atoms with E-state index in [-0.39, 0.29) is 5.75 Å². The van der Waals surface area contributed by atoms with Crippen LogP contribution in [0.25, 0.3) is 10.8 Å². The van der Waals surface area contributed by atoms with Crippen LogP contribution in [0.4, 0.5) is 5.69 Å². The molecule has 4 aromatic carbocycles. The lowest BCUT2D eigenvalue weighted by Gasteiger charge is -2.15. The Labute approximate surface area is 176 Å². The molecule has 1 N–H and O–H groups in total. The number of hydrogen-bond acceptors (Lipinski definition) is 4. The van der Waals surface area contributed by atoms with Crippen molar-refractivity contribution in [2.24, 2.45) is 4.99 Å². The fraction of sp³-hybridized carbons (Fsp3) is 0.115. The molecular formula is C26H23NO3. The van der Waals surface area contributed by atoms with Crippen LogP contribution in [0.15, 0.2) is 83.9 Å². The van der Waals surface area contributed by atoms with Crippen LogP contribution in [-0.4, -0.2) is 25.0 Å². The number of methoxy groups -OCH3 is 2. The van der Waals surface area contributed by atoms with Gasteiger partial charge in [-0.05, 0) is 61.5 Å². The predicted octanol–water partition coefficient (Wildman–Crippen LogP) is 6.04. The molecule has 0 amide bonds. The highest BCUT2D eigenvalue weighted by atomic mass is 16.5. The third-order valence-corrected chi connectivity index (χ3v) is 5.09. The largest absolute Gasteiger partial charge is 0.507 e. The summed E-state index contributed by atoms with van der Waals surface area (Å²) >= 11 is 0. The zero-order chi connectivity index (χ0) is 21.1. The standard InChI is InChI=1S/C26H23NO3/c1-17-7-11-19(12-8-17)27-26(18-9-13-20(29-2)14-10-18)22-15-16-24(30-3)21-5-4-6-23(28)25(21)22/h4-16,28H,1-3H3. The number of aromatic hydroxyl groups is 1. The highest BCUT2D eigenvalue weighted by molar-refractivity contribution is 6.22. The quantitative estimate of drug-likeness (QED) is 0.418. The summed E-state index contributed by atoms with van der Waals surface area (Å²) in [5.74, 6) is 1.66. The molecule has 0 saturated carbocycles. The van der Waals surface area contributed by atoms with Crippen molar-refractivity contribution in [1.82, 2.24) is 0 Å². The highest BCUT2D eigenvalue weighted by Crippen LogP contribution is 2.36. The monoisotopic (exact) mass is 397 g/mol. The van der Waals surface area contributed by atoms with Crippen LogP contribution in [0.2, 0.25) is 0 Å². The Morgan fingerprint density at radius 3 is 2.20 bits per heavy atom. The smallest absolute Gasteiger partial charge is 0.126 e. The highest BCUT2D eigenvalue weighted by Gasteiger charge is 2.16. The van der Waals surface area contributed by atoms with E-state index < -0.39 is 0 Å². The van der Waals surface area contributed by atoms with Crippen molar-refractivity contribution in [3.63, 3.8) is 0 Å². The zero-order valence-corrected chi connectivity index (χ0v) is 17.2. The van der Waals surface area contributed by atoms with Crippen LogP contribution in [0, 0.1) is 6.92 Å². The molecule has 0 aromatic heterocycles. The molecule has 0 radical (unpaired) electrons. The van der Waals surface area contributed by atoms with Gasteiger partial charge in [-0.2, -0.15) is 0 Å². The molecule has 150 valence electrons. The van der Waals surface area contributed by atoms with Crippen LogP contribution in [0.5, 0.6) is 17.2 Å². The van der Waals surface area contributed by atoms with Crippen molar-refractivity contribution >= 4 is 22.2 Å². The number of aryl methyl sites for hydroxylation is 1. The van der Waals surface area contributed by atoms with E-state index in [1.807, 2.05) is 79.7 Å². The molecule has 0 saturated heterocycles. The summed E-state index contributed by atoms with van der Waals surface area (Å²) < 4.78 is 10.8. The normalized spacial score (nSPS) is 11.5. The minimum absolute atomic E-state index is 0.187. The second kappa shape index (κ2) is 8.29. The molecule has 0 aliphatic rings. The Kier molecular flexibility index (Phi) is 5.40. The predicted molar refractivity (Wildman–Crippen MR) is 122 cm³/mol. The molecular weight excluding hydrogens is 374 g/mol. The molecule has 0 atom stereocenters. The number of rotatable bonds is 5. The summed E-state index contributed by atoms with van der Waals surface area (Å²) in [5, 5.41) is 12.3. The number of aliphatic imine (C=N–C) groups is 1. The number of fused-ring (bicyclic) bond motifs is 1. The van der Waals surface area contributed by atoms with Crippen LogP contribution in [0.1, 0.15) is 16.7 Å². The number of hydrogen-bond donors (Lipinski definition) is 1. The summed E-state index contributed by atoms with van der Waals surface area (Å²) in [7, 11) is 3.27. The Morgan fingerprint density at radius 1 is 0.800 bits per heavy atom. The van der Waals surface area contributed by atoms with Crippen molar-refractivity contribution in [1.29, 1.82) is 0 Å². The van der Waals surface area contributed by atoms with Gasteiger partial charge in [-0.1, -0.05) is 29.8 Å². The lowest BCUT2D eigenvalue weighted by molar-refractivity contribution is 0.415. The van der Waals surface area contributed by atoms with Crippen LogP contribution in [-0.2, 0) is 0 Å². The molecule has 0 bridgehead atoms. The van der Waals surface area contributed by atoms with Gasteiger partial charge in [0.2, 0.25) is 0 Å². The first kappa shape index (κ1) is 19.5. The van der Waals surface area contributed by atoms with Gasteiger partial charge in [-0.25, -0.2) is 4.99 Å². The fourth-order valence-electron chi connectivity index (χ4n) is 3.51. The molecule has 0 aliphatic heterocycles. The Bertz CT molecular complexity index is 1210. The van der Waals surface area contributed by atoms with Gasteiger partial charge in [0.25, 0.3) is 0 Å². The third-order valence-electron chi connectivity index (χ3n) is 5.09. The first-order valence-electron chi connectivity index (χ1n) is 9.69. The van der Waals surface area contributed by atoms with E-state index in [1.54, 1.807) is 20.3 Å². The van der Waals surface area contributed by atoms with Crippen molar-refractivity contribution in [2.75, 3.05) is 14.2 Å². The van der Waals surface area contributed by atoms with Gasteiger partial charge in [0.05, 0.1) is 25.6 Å². The molecule has 0 fully saturated rings. The van der Waals surface area contributed by atoms with Crippen molar-refractivity contribution in [2.45, 2.75) is 6.92 Å². The molecule has 0 spiro atoms. The van der Waals surface area contributed by atoms with Crippen LogP contribution >= 0.6 is 0 Å². The Hall–Kier alpha value is -3.79. The zero-order valence-electron chi connectivity index (χ0n) is 17.2. The van der Waals surface area contributed by atoms with Crippen molar-refractivity contribution in [3.05, 3.63) is 95.6 Å². The maximum absolute atomic E-state index is 10.7. The van der Waals surface area contributed by atoms with E-state index in [2.05, 4.69) is 0 Å². The number of phenols is 1. The maximum atomic E-state index is 10.7. The molecule has 4 nitrogen and oxygen atoms in total. The average Bonchev–Trinajstić information content (AvgIpc) is 2.78. The first-order chi connectivity index (χ1) is 14.6. The van der Waals surface area contributed by atoms with Crippen molar-refractivity contribution < 1.29 is 14.6 Å². The fourth-order valence-corrected chi connectivity index (χ4v) is 3.51. The SMILES string of the molecule is COc1ccc(C(=Nc2ccc(C)cc2)c2ccc(OC)c3cccc(O)c23)cc1. The second-order valence-electron chi connectivity index (χ2n) is 7.04. The third kappa shape index (κ3) is 3.72. The van der Waals surface area contributed by atoms with Gasteiger partial charge < -0.3 is 14.6 Å². The molecule has 4 heteroatoms. The van der Waals surface area contributed by atoms with Crippen LogP contribution < -0.4 is 9.47 Å². The molecule has 4 aromatic rings. The minimum atomic E-state index is 0.187. The number of nitrogens with zero attached hydrogens (tertiary/aromatic N) is 1. The topological polar surface area (TPSA) is 51.0 Å². The average molecular weight is 397 g/mol. The van der Waals surface area contributed by atoms with Gasteiger partial charge in [0, 0.05) is 21.9 Å². The molecule has 4 rings (SSSR count). The molecule has 0 unspecified atom stereocenters. The number of ether oxygens (including phenoxy) is 2. The summed E-state index contributed by atoms with van der Waals surface area (Å²) in [5.41, 5.74) is 4.52. The minimum Gasteiger partial charge on any atom is -0.507 e. The van der Waals surface area contributed by atoms with Gasteiger partial charge >= 0.3 is 0 Å². The van der Waals surface area contributed by atoms with E-state index in [4.69, 9.17) is 14.5 Å². The summed E-state index contributed by atoms with van der Waals surface area (Å²) in [4.78, 5) is 4.97. The maximum Gasteiger partial charge on any atom is 0.126 e. The molecule has 0 aliphatic carbocycles. The lowest BCUT2D eigenvalue weighted by atomic mass is 9.95. The number of phenolic OH excluding ortho intramolecular Hbond substituents is 1. The second-order valence-corrected chi connectivity index (χ2v) is 7.04. The van der Waals surface area contributed by atoms with Gasteiger partial charge in [0.15, 0.2) is 0 Å². The van der Waals surface area contributed by atoms with Gasteiger partial charge in [0.1, 0.15) is 17.2 Å². The van der Waals surface area contributed by atoms with E-state index in [1.165, 1.54) is 5.56 Å². The van der Waals surface area contributed by atoms with E-state index in [0.29, 0.717) is 11.1 Å². The van der Waals surface area contributed by atoms with Gasteiger partial charge in [-0.3, -0.25) is 0 Å². The summed E-state index contributed by atoms with van der Waals surface area (Å²) in [6.07, 6.45) is 0. The van der Waals surface area contributed by atoms with Gasteiger partial charge in [-0.15, -0.1) is 0 Å². The number of benzene rings is 4. The first-order valence-corrected chi connectivity index (χ1v) is 9.69. The van der Waals surface area contributed by atoms with E-state index >= 15 is 0 Å². The molecule has 0 heterocycles. The van der Waals surface area contributed by atoms with Crippen LogP contribution in [0.3, 0.4) is 0 Å². The van der Waals surface area contributed by atoms with E-state index in [9.17, 15) is 5.11 Å². The summed E-state index contributed by atoms with van der Waals surface area (Å²) in [6.45, 7) is 2.05.